The summed E-state index contributed by atoms with van der Waals surface area (Å²) in [6.45, 7) is 2.06. The van der Waals surface area contributed by atoms with Gasteiger partial charge >= 0.3 is 0 Å². The Bertz CT molecular complexity index is 355. The van der Waals surface area contributed by atoms with Gasteiger partial charge in [-0.15, -0.1) is 0 Å². The number of rotatable bonds is 3. The molecule has 2 heteroatoms. The molecule has 0 aliphatic heterocycles. The lowest BCUT2D eigenvalue weighted by molar-refractivity contribution is 0.112. The highest BCUT2D eigenvalue weighted by molar-refractivity contribution is 5.77. The van der Waals surface area contributed by atoms with Crippen molar-refractivity contribution in [3.63, 3.8) is 0 Å². The summed E-state index contributed by atoms with van der Waals surface area (Å²) in [7, 11) is 2.13. The SMILES string of the molecule is Cc1cc(C=O)ccc1N(C)C1CC1. The van der Waals surface area contributed by atoms with Gasteiger partial charge in [0.1, 0.15) is 6.29 Å². The van der Waals surface area contributed by atoms with Crippen LogP contribution in [0.15, 0.2) is 18.2 Å². The summed E-state index contributed by atoms with van der Waals surface area (Å²) in [6, 6.07) is 6.59. The predicted octanol–water partition coefficient (Wildman–Crippen LogP) is 2.41. The van der Waals surface area contributed by atoms with E-state index < -0.39 is 0 Å². The van der Waals surface area contributed by atoms with E-state index in [-0.39, 0.29) is 0 Å². The number of carbonyl (C=O) groups is 1. The van der Waals surface area contributed by atoms with Gasteiger partial charge in [0.05, 0.1) is 0 Å². The fourth-order valence-electron chi connectivity index (χ4n) is 1.81. The van der Waals surface area contributed by atoms with Crippen LogP contribution < -0.4 is 4.90 Å². The molecule has 0 aromatic heterocycles. The Morgan fingerprint density at radius 3 is 2.64 bits per heavy atom. The van der Waals surface area contributed by atoms with Crippen LogP contribution in [0.5, 0.6) is 0 Å². The lowest BCUT2D eigenvalue weighted by atomic mass is 10.1. The van der Waals surface area contributed by atoms with Gasteiger partial charge in [-0.05, 0) is 43.5 Å². The van der Waals surface area contributed by atoms with Gasteiger partial charge < -0.3 is 4.90 Å². The summed E-state index contributed by atoms with van der Waals surface area (Å²) < 4.78 is 0. The van der Waals surface area contributed by atoms with Gasteiger partial charge in [0, 0.05) is 24.3 Å². The molecule has 0 radical (unpaired) electrons. The van der Waals surface area contributed by atoms with Gasteiger partial charge in [0.2, 0.25) is 0 Å². The molecule has 1 fully saturated rings. The number of aldehydes is 1. The molecule has 14 heavy (non-hydrogen) atoms. The first kappa shape index (κ1) is 9.25. The molecule has 0 N–H and O–H groups in total. The Balaban J connectivity index is 2.28. The van der Waals surface area contributed by atoms with E-state index in [9.17, 15) is 4.79 Å². The van der Waals surface area contributed by atoms with Crippen molar-refractivity contribution in [1.82, 2.24) is 0 Å². The van der Waals surface area contributed by atoms with Crippen LogP contribution in [-0.2, 0) is 0 Å². The van der Waals surface area contributed by atoms with E-state index in [1.807, 2.05) is 18.2 Å². The summed E-state index contributed by atoms with van der Waals surface area (Å²) in [4.78, 5) is 12.9. The van der Waals surface area contributed by atoms with Crippen LogP contribution in [0.2, 0.25) is 0 Å². The van der Waals surface area contributed by atoms with Crippen molar-refractivity contribution in [3.05, 3.63) is 29.3 Å². The maximum atomic E-state index is 10.6. The first-order valence-corrected chi connectivity index (χ1v) is 5.01. The minimum absolute atomic E-state index is 0.718. The third-order valence-electron chi connectivity index (χ3n) is 2.83. The third-order valence-corrected chi connectivity index (χ3v) is 2.83. The van der Waals surface area contributed by atoms with E-state index >= 15 is 0 Å². The van der Waals surface area contributed by atoms with Gasteiger partial charge in [0.25, 0.3) is 0 Å². The van der Waals surface area contributed by atoms with Crippen molar-refractivity contribution in [3.8, 4) is 0 Å². The standard InChI is InChI=1S/C12H15NO/c1-9-7-10(8-14)3-6-12(9)13(2)11-4-5-11/h3,6-8,11H,4-5H2,1-2H3. The zero-order chi connectivity index (χ0) is 10.1. The highest BCUT2D eigenvalue weighted by Gasteiger charge is 2.26. The van der Waals surface area contributed by atoms with E-state index in [4.69, 9.17) is 0 Å². The van der Waals surface area contributed by atoms with E-state index in [2.05, 4.69) is 18.9 Å². The third kappa shape index (κ3) is 1.65. The summed E-state index contributed by atoms with van der Waals surface area (Å²) in [6.07, 6.45) is 3.49. The normalized spacial score (nSPS) is 15.3. The number of carbonyl (C=O) groups excluding carboxylic acids is 1. The van der Waals surface area contributed by atoms with Crippen LogP contribution in [0.4, 0.5) is 5.69 Å². The van der Waals surface area contributed by atoms with Crippen LogP contribution in [0.1, 0.15) is 28.8 Å². The molecular formula is C12H15NO. The lowest BCUT2D eigenvalue weighted by Gasteiger charge is -2.20. The maximum Gasteiger partial charge on any atom is 0.150 e. The first-order chi connectivity index (χ1) is 6.72. The summed E-state index contributed by atoms with van der Waals surface area (Å²) in [5.74, 6) is 0. The second-order valence-electron chi connectivity index (χ2n) is 4.01. The smallest absolute Gasteiger partial charge is 0.150 e. The van der Waals surface area contributed by atoms with Crippen LogP contribution in [0.3, 0.4) is 0 Å². The largest absolute Gasteiger partial charge is 0.371 e. The Morgan fingerprint density at radius 2 is 2.14 bits per heavy atom. The second-order valence-corrected chi connectivity index (χ2v) is 4.01. The van der Waals surface area contributed by atoms with E-state index in [1.165, 1.54) is 24.1 Å². The Hall–Kier alpha value is -1.31. The molecule has 0 atom stereocenters. The van der Waals surface area contributed by atoms with E-state index in [1.54, 1.807) is 0 Å². The zero-order valence-electron chi connectivity index (χ0n) is 8.66. The number of hydrogen-bond donors (Lipinski definition) is 0. The topological polar surface area (TPSA) is 20.3 Å². The molecule has 0 heterocycles. The molecule has 1 aromatic rings. The fourth-order valence-corrected chi connectivity index (χ4v) is 1.81. The average molecular weight is 189 g/mol. The Labute approximate surface area is 84.5 Å². The molecule has 0 spiro atoms. The Morgan fingerprint density at radius 1 is 1.43 bits per heavy atom. The number of nitrogens with zero attached hydrogens (tertiary/aromatic N) is 1. The highest BCUT2D eigenvalue weighted by Crippen LogP contribution is 2.31. The van der Waals surface area contributed by atoms with E-state index in [0.717, 1.165) is 17.9 Å². The molecule has 2 rings (SSSR count). The van der Waals surface area contributed by atoms with Crippen LogP contribution in [0.25, 0.3) is 0 Å². The minimum Gasteiger partial charge on any atom is -0.371 e. The van der Waals surface area contributed by atoms with Crippen LogP contribution in [0, 0.1) is 6.92 Å². The number of hydrogen-bond acceptors (Lipinski definition) is 2. The van der Waals surface area contributed by atoms with Crippen molar-refractivity contribution in [2.45, 2.75) is 25.8 Å². The van der Waals surface area contributed by atoms with Crippen molar-refractivity contribution in [2.75, 3.05) is 11.9 Å². The van der Waals surface area contributed by atoms with E-state index in [0.29, 0.717) is 0 Å². The molecule has 0 saturated heterocycles. The quantitative estimate of drug-likeness (QED) is 0.680. The van der Waals surface area contributed by atoms with Crippen molar-refractivity contribution in [1.29, 1.82) is 0 Å². The van der Waals surface area contributed by atoms with Gasteiger partial charge in [-0.3, -0.25) is 4.79 Å². The van der Waals surface area contributed by atoms with Gasteiger partial charge in [0.15, 0.2) is 0 Å². The molecule has 1 saturated carbocycles. The molecule has 1 aliphatic rings. The monoisotopic (exact) mass is 189 g/mol. The number of anilines is 1. The predicted molar refractivity (Wildman–Crippen MR) is 58.0 cm³/mol. The minimum atomic E-state index is 0.718. The maximum absolute atomic E-state index is 10.6. The summed E-state index contributed by atoms with van der Waals surface area (Å²) in [5.41, 5.74) is 3.19. The van der Waals surface area contributed by atoms with Gasteiger partial charge in [-0.2, -0.15) is 0 Å². The first-order valence-electron chi connectivity index (χ1n) is 5.01. The Kier molecular flexibility index (Phi) is 2.28. The number of aryl methyl sites for hydroxylation is 1. The lowest BCUT2D eigenvalue weighted by Crippen LogP contribution is -2.20. The molecular weight excluding hydrogens is 174 g/mol. The number of benzene rings is 1. The molecule has 0 bridgehead atoms. The summed E-state index contributed by atoms with van der Waals surface area (Å²) in [5, 5.41) is 0. The molecule has 1 aliphatic carbocycles. The van der Waals surface area contributed by atoms with Crippen molar-refractivity contribution < 1.29 is 4.79 Å². The van der Waals surface area contributed by atoms with Crippen molar-refractivity contribution >= 4 is 12.0 Å². The van der Waals surface area contributed by atoms with Crippen LogP contribution in [-0.4, -0.2) is 19.4 Å². The fraction of sp³-hybridized carbons (Fsp3) is 0.417. The van der Waals surface area contributed by atoms with Gasteiger partial charge in [-0.25, -0.2) is 0 Å². The zero-order valence-corrected chi connectivity index (χ0v) is 8.66. The average Bonchev–Trinajstić information content (AvgIpc) is 3.00. The molecule has 1 aromatic carbocycles. The molecule has 74 valence electrons. The van der Waals surface area contributed by atoms with Gasteiger partial charge in [-0.1, -0.05) is 0 Å². The molecule has 2 nitrogen and oxygen atoms in total. The molecule has 0 unspecified atom stereocenters. The van der Waals surface area contributed by atoms with Crippen molar-refractivity contribution in [2.24, 2.45) is 0 Å². The van der Waals surface area contributed by atoms with Crippen LogP contribution >= 0.6 is 0 Å². The summed E-state index contributed by atoms with van der Waals surface area (Å²) >= 11 is 0. The highest BCUT2D eigenvalue weighted by atomic mass is 16.1. The molecule has 0 amide bonds. The second kappa shape index (κ2) is 3.45.